The Morgan fingerprint density at radius 2 is 1.80 bits per heavy atom. The van der Waals surface area contributed by atoms with Crippen LogP contribution in [0.2, 0.25) is 10.0 Å². The van der Waals surface area contributed by atoms with E-state index in [0.717, 1.165) is 5.56 Å². The van der Waals surface area contributed by atoms with Gasteiger partial charge in [-0.2, -0.15) is 0 Å². The standard InChI is InChI=1S/C16H15Cl2NO/c1-2-12(11-7-4-3-5-8-11)16(20)19-14-10-6-9-13(17)15(14)18/h3-10,12H,2H2,1H3,(H,19,20)/t12-/m0/s1. The summed E-state index contributed by atoms with van der Waals surface area (Å²) in [5.41, 5.74) is 1.53. The predicted molar refractivity (Wildman–Crippen MR) is 84.6 cm³/mol. The third kappa shape index (κ3) is 3.33. The monoisotopic (exact) mass is 307 g/mol. The molecule has 0 bridgehead atoms. The fourth-order valence-corrected chi connectivity index (χ4v) is 2.43. The van der Waals surface area contributed by atoms with Gasteiger partial charge < -0.3 is 5.32 Å². The Morgan fingerprint density at radius 3 is 2.45 bits per heavy atom. The largest absolute Gasteiger partial charge is 0.324 e. The van der Waals surface area contributed by atoms with Crippen molar-refractivity contribution in [3.63, 3.8) is 0 Å². The average molecular weight is 308 g/mol. The molecule has 0 saturated heterocycles. The molecule has 4 heteroatoms. The van der Waals surface area contributed by atoms with Crippen LogP contribution in [-0.2, 0) is 4.79 Å². The molecule has 0 unspecified atom stereocenters. The van der Waals surface area contributed by atoms with Gasteiger partial charge in [-0.05, 0) is 24.1 Å². The number of nitrogens with one attached hydrogen (secondary N) is 1. The van der Waals surface area contributed by atoms with Gasteiger partial charge in [-0.25, -0.2) is 0 Å². The number of hydrogen-bond donors (Lipinski definition) is 1. The molecule has 1 N–H and O–H groups in total. The van der Waals surface area contributed by atoms with Gasteiger partial charge in [0.15, 0.2) is 0 Å². The molecule has 20 heavy (non-hydrogen) atoms. The summed E-state index contributed by atoms with van der Waals surface area (Å²) in [4.78, 5) is 12.4. The number of benzene rings is 2. The molecule has 2 aromatic rings. The second kappa shape index (κ2) is 6.78. The zero-order chi connectivity index (χ0) is 14.5. The zero-order valence-electron chi connectivity index (χ0n) is 11.1. The second-order valence-electron chi connectivity index (χ2n) is 4.46. The lowest BCUT2D eigenvalue weighted by Gasteiger charge is -2.16. The van der Waals surface area contributed by atoms with Crippen molar-refractivity contribution in [3.05, 3.63) is 64.1 Å². The normalized spacial score (nSPS) is 11.9. The van der Waals surface area contributed by atoms with E-state index >= 15 is 0 Å². The van der Waals surface area contributed by atoms with Crippen LogP contribution in [0.4, 0.5) is 5.69 Å². The smallest absolute Gasteiger partial charge is 0.231 e. The lowest BCUT2D eigenvalue weighted by Crippen LogP contribution is -2.20. The number of anilines is 1. The van der Waals surface area contributed by atoms with Crippen molar-refractivity contribution in [2.75, 3.05) is 5.32 Å². The van der Waals surface area contributed by atoms with Crippen molar-refractivity contribution in [1.82, 2.24) is 0 Å². The maximum atomic E-state index is 12.4. The van der Waals surface area contributed by atoms with Crippen LogP contribution in [0.3, 0.4) is 0 Å². The first-order valence-corrected chi connectivity index (χ1v) is 7.19. The first-order chi connectivity index (χ1) is 9.63. The molecule has 0 heterocycles. The molecule has 0 spiro atoms. The van der Waals surface area contributed by atoms with Crippen LogP contribution in [0.15, 0.2) is 48.5 Å². The van der Waals surface area contributed by atoms with E-state index in [0.29, 0.717) is 22.2 Å². The molecule has 0 radical (unpaired) electrons. The molecule has 0 fully saturated rings. The Labute approximate surface area is 128 Å². The summed E-state index contributed by atoms with van der Waals surface area (Å²) < 4.78 is 0. The summed E-state index contributed by atoms with van der Waals surface area (Å²) in [6.45, 7) is 1.98. The highest BCUT2D eigenvalue weighted by Gasteiger charge is 2.19. The molecule has 0 aliphatic rings. The van der Waals surface area contributed by atoms with Crippen LogP contribution in [0.25, 0.3) is 0 Å². The molecular weight excluding hydrogens is 293 g/mol. The third-order valence-corrected chi connectivity index (χ3v) is 3.96. The number of rotatable bonds is 4. The minimum atomic E-state index is -0.203. The zero-order valence-corrected chi connectivity index (χ0v) is 12.6. The second-order valence-corrected chi connectivity index (χ2v) is 5.25. The number of carbonyl (C=O) groups excluding carboxylic acids is 1. The van der Waals surface area contributed by atoms with Gasteiger partial charge in [0.25, 0.3) is 0 Å². The van der Waals surface area contributed by atoms with Gasteiger partial charge in [-0.3, -0.25) is 4.79 Å². The van der Waals surface area contributed by atoms with E-state index in [4.69, 9.17) is 23.2 Å². The topological polar surface area (TPSA) is 29.1 Å². The van der Waals surface area contributed by atoms with Gasteiger partial charge in [0.2, 0.25) is 5.91 Å². The van der Waals surface area contributed by atoms with E-state index in [9.17, 15) is 4.79 Å². The minimum absolute atomic E-state index is 0.0807. The molecular formula is C16H15Cl2NO. The van der Waals surface area contributed by atoms with Crippen LogP contribution in [0.1, 0.15) is 24.8 Å². The van der Waals surface area contributed by atoms with Crippen molar-refractivity contribution in [2.24, 2.45) is 0 Å². The molecule has 2 rings (SSSR count). The van der Waals surface area contributed by atoms with E-state index in [1.54, 1.807) is 18.2 Å². The quantitative estimate of drug-likeness (QED) is 0.834. The van der Waals surface area contributed by atoms with Crippen molar-refractivity contribution >= 4 is 34.8 Å². The van der Waals surface area contributed by atoms with Gasteiger partial charge in [0.1, 0.15) is 0 Å². The Bertz CT molecular complexity index is 599. The van der Waals surface area contributed by atoms with Crippen molar-refractivity contribution in [1.29, 1.82) is 0 Å². The van der Waals surface area contributed by atoms with E-state index < -0.39 is 0 Å². The van der Waals surface area contributed by atoms with Gasteiger partial charge in [0.05, 0.1) is 21.7 Å². The predicted octanol–water partition coefficient (Wildman–Crippen LogP) is 5.13. The third-order valence-electron chi connectivity index (χ3n) is 3.14. The van der Waals surface area contributed by atoms with Gasteiger partial charge in [-0.1, -0.05) is 66.5 Å². The number of amides is 1. The van der Waals surface area contributed by atoms with E-state index in [1.165, 1.54) is 0 Å². The van der Waals surface area contributed by atoms with Crippen LogP contribution < -0.4 is 5.32 Å². The Morgan fingerprint density at radius 1 is 1.10 bits per heavy atom. The maximum Gasteiger partial charge on any atom is 0.231 e. The van der Waals surface area contributed by atoms with Crippen LogP contribution in [0, 0.1) is 0 Å². The van der Waals surface area contributed by atoms with Gasteiger partial charge in [0, 0.05) is 0 Å². The summed E-state index contributed by atoms with van der Waals surface area (Å²) in [6, 6.07) is 14.9. The Hall–Kier alpha value is -1.51. The number of carbonyl (C=O) groups is 1. The average Bonchev–Trinajstić information content (AvgIpc) is 2.46. The molecule has 0 aliphatic heterocycles. The Balaban J connectivity index is 2.20. The lowest BCUT2D eigenvalue weighted by molar-refractivity contribution is -0.117. The number of hydrogen-bond acceptors (Lipinski definition) is 1. The summed E-state index contributed by atoms with van der Waals surface area (Å²) in [5.74, 6) is -0.283. The highest BCUT2D eigenvalue weighted by atomic mass is 35.5. The van der Waals surface area contributed by atoms with E-state index in [1.807, 2.05) is 37.3 Å². The van der Waals surface area contributed by atoms with Crippen LogP contribution in [-0.4, -0.2) is 5.91 Å². The molecule has 104 valence electrons. The molecule has 1 atom stereocenters. The van der Waals surface area contributed by atoms with Crippen molar-refractivity contribution < 1.29 is 4.79 Å². The van der Waals surface area contributed by atoms with Crippen molar-refractivity contribution in [3.8, 4) is 0 Å². The van der Waals surface area contributed by atoms with Crippen LogP contribution >= 0.6 is 23.2 Å². The highest BCUT2D eigenvalue weighted by Crippen LogP contribution is 2.31. The van der Waals surface area contributed by atoms with Gasteiger partial charge in [-0.15, -0.1) is 0 Å². The first-order valence-electron chi connectivity index (χ1n) is 6.43. The van der Waals surface area contributed by atoms with Crippen LogP contribution in [0.5, 0.6) is 0 Å². The molecule has 1 amide bonds. The SMILES string of the molecule is CC[C@H](C(=O)Nc1cccc(Cl)c1Cl)c1ccccc1. The first kappa shape index (κ1) is 14.9. The molecule has 0 aromatic heterocycles. The van der Waals surface area contributed by atoms with Crippen molar-refractivity contribution in [2.45, 2.75) is 19.3 Å². The summed E-state index contributed by atoms with van der Waals surface area (Å²) >= 11 is 12.0. The highest BCUT2D eigenvalue weighted by molar-refractivity contribution is 6.44. The molecule has 2 nitrogen and oxygen atoms in total. The molecule has 0 saturated carbocycles. The molecule has 2 aromatic carbocycles. The maximum absolute atomic E-state index is 12.4. The summed E-state index contributed by atoms with van der Waals surface area (Å²) in [7, 11) is 0. The van der Waals surface area contributed by atoms with E-state index in [2.05, 4.69) is 5.32 Å². The molecule has 0 aliphatic carbocycles. The fraction of sp³-hybridized carbons (Fsp3) is 0.188. The Kier molecular flexibility index (Phi) is 5.05. The summed E-state index contributed by atoms with van der Waals surface area (Å²) in [6.07, 6.45) is 0.716. The minimum Gasteiger partial charge on any atom is -0.324 e. The summed E-state index contributed by atoms with van der Waals surface area (Å²) in [5, 5.41) is 3.64. The van der Waals surface area contributed by atoms with Gasteiger partial charge >= 0.3 is 0 Å². The lowest BCUT2D eigenvalue weighted by atomic mass is 9.95. The van der Waals surface area contributed by atoms with E-state index in [-0.39, 0.29) is 11.8 Å². The number of halogens is 2. The fourth-order valence-electron chi connectivity index (χ4n) is 2.08.